The number of carbonyl (C=O) groups excluding carboxylic acids is 1. The second-order valence-electron chi connectivity index (χ2n) is 11.8. The highest BCUT2D eigenvalue weighted by molar-refractivity contribution is 5.92. The molecule has 170 valence electrons. The third kappa shape index (κ3) is 4.19. The van der Waals surface area contributed by atoms with Crippen LogP contribution in [-0.4, -0.2) is 16.6 Å². The lowest BCUT2D eigenvalue weighted by atomic mass is 9.49. The first-order chi connectivity index (χ1) is 14.9. The highest BCUT2D eigenvalue weighted by Crippen LogP contribution is 2.59. The molecule has 0 radical (unpaired) electrons. The van der Waals surface area contributed by atoms with Crippen molar-refractivity contribution in [2.24, 2.45) is 47.3 Å². The minimum atomic E-state index is -0.445. The molecule has 1 aromatic rings. The van der Waals surface area contributed by atoms with Crippen LogP contribution in [-0.2, 0) is 4.79 Å². The van der Waals surface area contributed by atoms with Gasteiger partial charge in [-0.25, -0.2) is 0 Å². The van der Waals surface area contributed by atoms with Gasteiger partial charge in [0.05, 0.1) is 5.60 Å². The second kappa shape index (κ2) is 8.54. The summed E-state index contributed by atoms with van der Waals surface area (Å²) in [5.41, 5.74) is 0.490. The normalized spacial score (nSPS) is 44.9. The molecule has 4 fully saturated rings. The Morgan fingerprint density at radius 1 is 0.968 bits per heavy atom. The maximum absolute atomic E-state index is 13.4. The van der Waals surface area contributed by atoms with E-state index in [0.717, 1.165) is 48.6 Å². The molecule has 3 nitrogen and oxygen atoms in total. The smallest absolute Gasteiger partial charge is 0.227 e. The van der Waals surface area contributed by atoms with Crippen LogP contribution in [0.4, 0.5) is 5.69 Å². The third-order valence-corrected chi connectivity index (χ3v) is 9.79. The van der Waals surface area contributed by atoms with Gasteiger partial charge in [-0.3, -0.25) is 4.79 Å². The molecule has 4 aliphatic carbocycles. The lowest BCUT2D eigenvalue weighted by Crippen LogP contribution is -2.52. The van der Waals surface area contributed by atoms with Crippen LogP contribution < -0.4 is 5.32 Å². The van der Waals surface area contributed by atoms with E-state index in [9.17, 15) is 9.90 Å². The number of aliphatic hydroxyl groups is 1. The zero-order valence-electron chi connectivity index (χ0n) is 19.4. The lowest BCUT2D eigenvalue weighted by molar-refractivity contribution is -0.130. The molecule has 4 aliphatic rings. The predicted octanol–water partition coefficient (Wildman–Crippen LogP) is 6.28. The van der Waals surface area contributed by atoms with Crippen LogP contribution >= 0.6 is 0 Å². The highest BCUT2D eigenvalue weighted by atomic mass is 16.3. The number of para-hydroxylation sites is 1. The minimum absolute atomic E-state index is 0.161. The van der Waals surface area contributed by atoms with Crippen molar-refractivity contribution >= 4 is 11.6 Å². The molecule has 0 aromatic heterocycles. The first-order valence-corrected chi connectivity index (χ1v) is 13.0. The van der Waals surface area contributed by atoms with Crippen molar-refractivity contribution in [2.45, 2.75) is 83.7 Å². The number of hydrogen-bond donors (Lipinski definition) is 2. The molecular formula is C28H41NO2. The number of hydrogen-bond acceptors (Lipinski definition) is 2. The summed E-state index contributed by atoms with van der Waals surface area (Å²) in [5, 5.41) is 13.9. The zero-order chi connectivity index (χ0) is 21.6. The first-order valence-electron chi connectivity index (χ1n) is 13.0. The van der Waals surface area contributed by atoms with Gasteiger partial charge in [-0.05, 0) is 112 Å². The highest BCUT2D eigenvalue weighted by Gasteiger charge is 2.53. The van der Waals surface area contributed by atoms with E-state index in [0.29, 0.717) is 17.8 Å². The molecule has 0 heterocycles. The van der Waals surface area contributed by atoms with E-state index >= 15 is 0 Å². The fourth-order valence-electron chi connectivity index (χ4n) is 8.63. The predicted molar refractivity (Wildman–Crippen MR) is 125 cm³/mol. The van der Waals surface area contributed by atoms with Crippen molar-refractivity contribution in [3.8, 4) is 0 Å². The molecule has 1 amide bonds. The van der Waals surface area contributed by atoms with E-state index in [-0.39, 0.29) is 11.8 Å². The fourth-order valence-corrected chi connectivity index (χ4v) is 8.63. The molecule has 31 heavy (non-hydrogen) atoms. The zero-order valence-corrected chi connectivity index (χ0v) is 19.4. The summed E-state index contributed by atoms with van der Waals surface area (Å²) < 4.78 is 0. The van der Waals surface area contributed by atoms with Crippen LogP contribution in [0.15, 0.2) is 30.3 Å². The van der Waals surface area contributed by atoms with Crippen LogP contribution in [0.25, 0.3) is 0 Å². The lowest BCUT2D eigenvalue weighted by Gasteiger charge is -2.57. The van der Waals surface area contributed by atoms with Crippen molar-refractivity contribution in [3.63, 3.8) is 0 Å². The summed E-state index contributed by atoms with van der Waals surface area (Å²) in [6.45, 7) is 4.50. The second-order valence-corrected chi connectivity index (χ2v) is 11.8. The van der Waals surface area contributed by atoms with Crippen LogP contribution in [0.3, 0.4) is 0 Å². The number of anilines is 1. The Morgan fingerprint density at radius 3 is 2.55 bits per heavy atom. The molecular weight excluding hydrogens is 382 g/mol. The van der Waals surface area contributed by atoms with Crippen molar-refractivity contribution in [3.05, 3.63) is 30.3 Å². The van der Waals surface area contributed by atoms with Gasteiger partial charge in [-0.15, -0.1) is 0 Å². The van der Waals surface area contributed by atoms with Gasteiger partial charge in [0.2, 0.25) is 5.91 Å². The summed E-state index contributed by atoms with van der Waals surface area (Å²) in [5.74, 6) is 5.44. The number of benzene rings is 1. The summed E-state index contributed by atoms with van der Waals surface area (Å²) in [6, 6.07) is 10.0. The Bertz CT molecular complexity index is 774. The SMILES string of the molecule is C[C@H]1C[C@H]2[C@@H](CC[C@@H]3C[C@](C)(O)CC[C@@H]32)[C@@H]2CCCC[C@H](C(=O)Nc3ccccc3)[C@H]21. The van der Waals surface area contributed by atoms with Crippen LogP contribution in [0.1, 0.15) is 78.1 Å². The summed E-state index contributed by atoms with van der Waals surface area (Å²) >= 11 is 0. The molecule has 2 N–H and O–H groups in total. The Kier molecular flexibility index (Phi) is 5.92. The van der Waals surface area contributed by atoms with Gasteiger partial charge < -0.3 is 10.4 Å². The average molecular weight is 424 g/mol. The molecule has 4 saturated carbocycles. The van der Waals surface area contributed by atoms with Gasteiger partial charge in [0, 0.05) is 11.6 Å². The quantitative estimate of drug-likeness (QED) is 0.588. The van der Waals surface area contributed by atoms with Gasteiger partial charge in [0.25, 0.3) is 0 Å². The fraction of sp³-hybridized carbons (Fsp3) is 0.750. The number of rotatable bonds is 2. The molecule has 0 unspecified atom stereocenters. The number of amides is 1. The number of fused-ring (bicyclic) bond motifs is 5. The molecule has 0 bridgehead atoms. The number of nitrogens with one attached hydrogen (secondary N) is 1. The van der Waals surface area contributed by atoms with Crippen molar-refractivity contribution < 1.29 is 9.90 Å². The van der Waals surface area contributed by atoms with Crippen molar-refractivity contribution in [1.29, 1.82) is 0 Å². The molecule has 0 saturated heterocycles. The Labute approximate surface area is 188 Å². The van der Waals surface area contributed by atoms with Gasteiger partial charge in [-0.2, -0.15) is 0 Å². The number of carbonyl (C=O) groups is 1. The summed E-state index contributed by atoms with van der Waals surface area (Å²) in [6.07, 6.45) is 12.0. The monoisotopic (exact) mass is 423 g/mol. The van der Waals surface area contributed by atoms with E-state index in [1.807, 2.05) is 30.3 Å². The van der Waals surface area contributed by atoms with Crippen molar-refractivity contribution in [2.75, 3.05) is 5.32 Å². The molecule has 3 heteroatoms. The van der Waals surface area contributed by atoms with Gasteiger partial charge in [0.15, 0.2) is 0 Å². The van der Waals surface area contributed by atoms with Crippen LogP contribution in [0, 0.1) is 47.3 Å². The maximum atomic E-state index is 13.4. The van der Waals surface area contributed by atoms with Gasteiger partial charge in [0.1, 0.15) is 0 Å². The van der Waals surface area contributed by atoms with Gasteiger partial charge in [-0.1, -0.05) is 38.0 Å². The van der Waals surface area contributed by atoms with E-state index < -0.39 is 5.60 Å². The third-order valence-electron chi connectivity index (χ3n) is 9.79. The standard InChI is InChI=1S/C28H41NO2/c1-18-16-25-21-14-15-28(2,31)17-19(21)12-13-22(25)23-10-6-7-11-24(26(18)23)27(30)29-20-8-4-3-5-9-20/h3-5,8-9,18-19,21-26,31H,6-7,10-17H2,1-2H3,(H,29,30)/t18-,19+,21-,22-,23-,24-,25+,26-,28+/m0/s1. The molecule has 9 atom stereocenters. The summed E-state index contributed by atoms with van der Waals surface area (Å²) in [4.78, 5) is 13.4. The molecule has 0 aliphatic heterocycles. The molecule has 0 spiro atoms. The van der Waals surface area contributed by atoms with E-state index in [2.05, 4.69) is 19.2 Å². The maximum Gasteiger partial charge on any atom is 0.227 e. The minimum Gasteiger partial charge on any atom is -0.390 e. The topological polar surface area (TPSA) is 49.3 Å². The first kappa shape index (κ1) is 21.5. The average Bonchev–Trinajstić information content (AvgIpc) is 2.97. The van der Waals surface area contributed by atoms with E-state index in [1.165, 1.54) is 44.9 Å². The van der Waals surface area contributed by atoms with E-state index in [4.69, 9.17) is 0 Å². The Hall–Kier alpha value is -1.35. The molecule has 5 rings (SSSR count). The van der Waals surface area contributed by atoms with E-state index in [1.54, 1.807) is 0 Å². The summed E-state index contributed by atoms with van der Waals surface area (Å²) in [7, 11) is 0. The van der Waals surface area contributed by atoms with Crippen LogP contribution in [0.2, 0.25) is 0 Å². The largest absolute Gasteiger partial charge is 0.390 e. The van der Waals surface area contributed by atoms with Crippen molar-refractivity contribution in [1.82, 2.24) is 0 Å². The van der Waals surface area contributed by atoms with Crippen LogP contribution in [0.5, 0.6) is 0 Å². The Morgan fingerprint density at radius 2 is 1.74 bits per heavy atom. The Balaban J connectivity index is 1.36. The van der Waals surface area contributed by atoms with Gasteiger partial charge >= 0.3 is 0 Å². The molecule has 1 aromatic carbocycles.